The second kappa shape index (κ2) is 7.90. The van der Waals surface area contributed by atoms with E-state index in [9.17, 15) is 9.90 Å². The molecule has 1 atom stereocenters. The van der Waals surface area contributed by atoms with Crippen LogP contribution in [0.15, 0.2) is 30.3 Å². The largest absolute Gasteiger partial charge is 0.472 e. The van der Waals surface area contributed by atoms with Crippen molar-refractivity contribution < 1.29 is 14.6 Å². The highest BCUT2D eigenvalue weighted by Crippen LogP contribution is 2.41. The number of aryl methyl sites for hydroxylation is 1. The van der Waals surface area contributed by atoms with Crippen LogP contribution in [0, 0.1) is 12.3 Å². The Morgan fingerprint density at radius 2 is 1.97 bits per heavy atom. The summed E-state index contributed by atoms with van der Waals surface area (Å²) in [6, 6.07) is 9.43. The maximum absolute atomic E-state index is 13.1. The molecule has 1 saturated heterocycles. The van der Waals surface area contributed by atoms with E-state index in [1.807, 2.05) is 25.1 Å². The zero-order chi connectivity index (χ0) is 23.3. The zero-order valence-electron chi connectivity index (χ0n) is 19.2. The molecular formula is C25H32N4O3. The normalized spacial score (nSPS) is 21.9. The minimum atomic E-state index is -1.22. The van der Waals surface area contributed by atoms with Gasteiger partial charge in [0.05, 0.1) is 0 Å². The minimum Gasteiger partial charge on any atom is -0.472 e. The summed E-state index contributed by atoms with van der Waals surface area (Å²) in [6.07, 6.45) is 2.27. The van der Waals surface area contributed by atoms with Crippen molar-refractivity contribution in [2.45, 2.75) is 57.9 Å². The molecule has 170 valence electrons. The zero-order valence-corrected chi connectivity index (χ0v) is 19.2. The molecule has 2 heterocycles. The molecule has 1 spiro atoms. The number of nitrogen functional groups attached to an aromatic ring is 1. The molecule has 2 aliphatic heterocycles. The van der Waals surface area contributed by atoms with Gasteiger partial charge in [-0.25, -0.2) is 5.32 Å². The van der Waals surface area contributed by atoms with Gasteiger partial charge in [-0.3, -0.25) is 4.79 Å². The lowest BCUT2D eigenvalue weighted by Crippen LogP contribution is -2.65. The fourth-order valence-corrected chi connectivity index (χ4v) is 4.67. The SMILES string of the molecule is Cc1cc(C(=O)N2CCC3(CC2)NC(C)(O)c2cc(C(C)C)ccc2O3)cc(C=N)c1N. The topological polar surface area (TPSA) is 112 Å². The first-order valence-corrected chi connectivity index (χ1v) is 11.1. The number of benzene rings is 2. The number of ether oxygens (including phenoxy) is 1. The molecule has 4 rings (SSSR count). The number of hydrogen-bond donors (Lipinski definition) is 4. The number of carbonyl (C=O) groups excluding carboxylic acids is 1. The molecule has 0 aliphatic carbocycles. The lowest BCUT2D eigenvalue weighted by molar-refractivity contribution is -0.126. The molecule has 2 aromatic rings. The number of nitrogens with one attached hydrogen (secondary N) is 2. The van der Waals surface area contributed by atoms with E-state index in [-0.39, 0.29) is 5.91 Å². The number of nitrogens with zero attached hydrogens (tertiary/aromatic N) is 1. The standard InChI is InChI=1S/C25H32N4O3/c1-15(2)17-5-6-21-20(13-17)24(4,31)28-25(32-21)7-9-29(10-8-25)23(30)18-11-16(3)22(27)19(12-18)14-26/h5-6,11-15,26,28,31H,7-10,27H2,1-4H3. The third-order valence-electron chi connectivity index (χ3n) is 6.65. The first-order valence-electron chi connectivity index (χ1n) is 11.1. The van der Waals surface area contributed by atoms with Crippen molar-refractivity contribution >= 4 is 17.8 Å². The van der Waals surface area contributed by atoms with Crippen LogP contribution >= 0.6 is 0 Å². The van der Waals surface area contributed by atoms with Gasteiger partial charge in [0.25, 0.3) is 5.91 Å². The summed E-state index contributed by atoms with van der Waals surface area (Å²) in [6.45, 7) is 8.82. The second-order valence-corrected chi connectivity index (χ2v) is 9.44. The van der Waals surface area contributed by atoms with Crippen LogP contribution < -0.4 is 15.8 Å². The summed E-state index contributed by atoms with van der Waals surface area (Å²) in [5, 5.41) is 22.1. The summed E-state index contributed by atoms with van der Waals surface area (Å²) < 4.78 is 6.38. The Morgan fingerprint density at radius 1 is 1.28 bits per heavy atom. The van der Waals surface area contributed by atoms with Crippen molar-refractivity contribution in [3.05, 3.63) is 58.1 Å². The van der Waals surface area contributed by atoms with Crippen molar-refractivity contribution in [2.24, 2.45) is 0 Å². The van der Waals surface area contributed by atoms with Crippen molar-refractivity contribution in [1.29, 1.82) is 5.41 Å². The van der Waals surface area contributed by atoms with Crippen LogP contribution in [0.3, 0.4) is 0 Å². The maximum atomic E-state index is 13.1. The molecule has 0 radical (unpaired) electrons. The van der Waals surface area contributed by atoms with Crippen LogP contribution in [-0.4, -0.2) is 40.9 Å². The lowest BCUT2D eigenvalue weighted by atomic mass is 9.89. The van der Waals surface area contributed by atoms with Crippen molar-refractivity contribution in [3.8, 4) is 5.75 Å². The van der Waals surface area contributed by atoms with Gasteiger partial charge in [-0.2, -0.15) is 0 Å². The quantitative estimate of drug-likeness (QED) is 0.435. The van der Waals surface area contributed by atoms with Crippen LogP contribution in [0.25, 0.3) is 0 Å². The molecule has 7 nitrogen and oxygen atoms in total. The predicted octanol–water partition coefficient (Wildman–Crippen LogP) is 3.48. The summed E-state index contributed by atoms with van der Waals surface area (Å²) in [5.41, 5.74) is 8.32. The number of likely N-dealkylation sites (tertiary alicyclic amines) is 1. The van der Waals surface area contributed by atoms with E-state index >= 15 is 0 Å². The fraction of sp³-hybridized carbons (Fsp3) is 0.440. The highest BCUT2D eigenvalue weighted by atomic mass is 16.5. The number of nitrogens with two attached hydrogens (primary N) is 1. The molecule has 1 unspecified atom stereocenters. The van der Waals surface area contributed by atoms with E-state index < -0.39 is 11.4 Å². The average Bonchev–Trinajstić information content (AvgIpc) is 2.74. The first-order chi connectivity index (χ1) is 15.0. The second-order valence-electron chi connectivity index (χ2n) is 9.44. The van der Waals surface area contributed by atoms with Gasteiger partial charge in [0, 0.05) is 54.5 Å². The third kappa shape index (κ3) is 3.87. The molecular weight excluding hydrogens is 404 g/mol. The smallest absolute Gasteiger partial charge is 0.253 e. The van der Waals surface area contributed by atoms with Crippen LogP contribution in [0.4, 0.5) is 5.69 Å². The molecule has 2 aliphatic rings. The molecule has 0 bridgehead atoms. The molecule has 5 N–H and O–H groups in total. The Hall–Kier alpha value is -2.90. The molecule has 0 aromatic heterocycles. The van der Waals surface area contributed by atoms with Crippen LogP contribution in [0.1, 0.15) is 72.1 Å². The summed E-state index contributed by atoms with van der Waals surface area (Å²) in [4.78, 5) is 14.9. The number of amides is 1. The van der Waals surface area contributed by atoms with E-state index in [0.29, 0.717) is 54.4 Å². The van der Waals surface area contributed by atoms with Gasteiger partial charge >= 0.3 is 0 Å². The van der Waals surface area contributed by atoms with Gasteiger partial charge in [0.15, 0.2) is 5.72 Å². The summed E-state index contributed by atoms with van der Waals surface area (Å²) in [5.74, 6) is 0.949. The maximum Gasteiger partial charge on any atom is 0.253 e. The van der Waals surface area contributed by atoms with Crippen molar-refractivity contribution in [3.63, 3.8) is 0 Å². The van der Waals surface area contributed by atoms with Crippen molar-refractivity contribution in [2.75, 3.05) is 18.8 Å². The Bertz CT molecular complexity index is 1070. The van der Waals surface area contributed by atoms with Gasteiger partial charge < -0.3 is 25.9 Å². The number of hydrogen-bond acceptors (Lipinski definition) is 6. The van der Waals surface area contributed by atoms with E-state index in [2.05, 4.69) is 19.2 Å². The van der Waals surface area contributed by atoms with Gasteiger partial charge in [-0.05, 0) is 55.2 Å². The fourth-order valence-electron chi connectivity index (χ4n) is 4.67. The third-order valence-corrected chi connectivity index (χ3v) is 6.65. The van der Waals surface area contributed by atoms with Gasteiger partial charge in [0.2, 0.25) is 0 Å². The molecule has 7 heteroatoms. The Labute approximate surface area is 189 Å². The molecule has 1 fully saturated rings. The minimum absolute atomic E-state index is 0.0874. The average molecular weight is 437 g/mol. The van der Waals surface area contributed by atoms with E-state index in [1.54, 1.807) is 24.0 Å². The number of piperidine rings is 1. The number of rotatable bonds is 3. The Kier molecular flexibility index (Phi) is 5.51. The highest BCUT2D eigenvalue weighted by molar-refractivity contribution is 5.98. The van der Waals surface area contributed by atoms with Gasteiger partial charge in [-0.1, -0.05) is 19.9 Å². The van der Waals surface area contributed by atoms with Crippen LogP contribution in [-0.2, 0) is 5.72 Å². The predicted molar refractivity (Wildman–Crippen MR) is 125 cm³/mol. The summed E-state index contributed by atoms with van der Waals surface area (Å²) in [7, 11) is 0. The lowest BCUT2D eigenvalue weighted by Gasteiger charge is -2.49. The molecule has 0 saturated carbocycles. The molecule has 2 aromatic carbocycles. The highest BCUT2D eigenvalue weighted by Gasteiger charge is 2.47. The monoisotopic (exact) mass is 436 g/mol. The van der Waals surface area contributed by atoms with Crippen LogP contribution in [0.5, 0.6) is 5.75 Å². The number of anilines is 1. The number of fused-ring (bicyclic) bond motifs is 1. The number of aliphatic hydroxyl groups is 1. The van der Waals surface area contributed by atoms with E-state index in [4.69, 9.17) is 15.9 Å². The van der Waals surface area contributed by atoms with Crippen molar-refractivity contribution in [1.82, 2.24) is 10.2 Å². The molecule has 32 heavy (non-hydrogen) atoms. The Morgan fingerprint density at radius 3 is 2.59 bits per heavy atom. The number of carbonyl (C=O) groups is 1. The van der Waals surface area contributed by atoms with E-state index in [1.165, 1.54) is 6.21 Å². The van der Waals surface area contributed by atoms with E-state index in [0.717, 1.165) is 16.7 Å². The summed E-state index contributed by atoms with van der Waals surface area (Å²) >= 11 is 0. The van der Waals surface area contributed by atoms with Gasteiger partial charge in [-0.15, -0.1) is 0 Å². The first kappa shape index (κ1) is 22.3. The van der Waals surface area contributed by atoms with Gasteiger partial charge in [0.1, 0.15) is 11.5 Å². The molecule has 1 amide bonds. The van der Waals surface area contributed by atoms with Crippen LogP contribution in [0.2, 0.25) is 0 Å². The Balaban J connectivity index is 1.53.